The summed E-state index contributed by atoms with van der Waals surface area (Å²) in [7, 11) is 0. The fourth-order valence-corrected chi connectivity index (χ4v) is 2.68. The lowest BCUT2D eigenvalue weighted by molar-refractivity contribution is -0.181. The summed E-state index contributed by atoms with van der Waals surface area (Å²) in [6.07, 6.45) is 17.7. The maximum Gasteiger partial charge on any atom is 0.157 e. The van der Waals surface area contributed by atoms with Gasteiger partial charge in [-0.25, -0.2) is 0 Å². The molecule has 0 spiro atoms. The van der Waals surface area contributed by atoms with Crippen LogP contribution in [0.15, 0.2) is 0 Å². The van der Waals surface area contributed by atoms with Gasteiger partial charge in [0.05, 0.1) is 13.2 Å². The Morgan fingerprint density at radius 2 is 1.16 bits per heavy atom. The minimum atomic E-state index is 0.104. The smallest absolute Gasteiger partial charge is 0.157 e. The van der Waals surface area contributed by atoms with Gasteiger partial charge in [0, 0.05) is 0 Å². The van der Waals surface area contributed by atoms with Crippen LogP contribution >= 0.6 is 0 Å². The Balaban J connectivity index is 1.71. The van der Waals surface area contributed by atoms with E-state index in [0.717, 1.165) is 26.1 Å². The van der Waals surface area contributed by atoms with Crippen molar-refractivity contribution in [1.29, 1.82) is 0 Å². The van der Waals surface area contributed by atoms with E-state index in [1.165, 1.54) is 70.6 Å². The summed E-state index contributed by atoms with van der Waals surface area (Å²) in [4.78, 5) is 0. The van der Waals surface area contributed by atoms with Gasteiger partial charge in [0.25, 0.3) is 0 Å². The van der Waals surface area contributed by atoms with Gasteiger partial charge in [0.15, 0.2) is 6.29 Å². The molecule has 1 aliphatic heterocycles. The molecule has 1 rings (SSSR count). The second kappa shape index (κ2) is 12.9. The highest BCUT2D eigenvalue weighted by Crippen LogP contribution is 2.15. The molecule has 1 fully saturated rings. The minimum absolute atomic E-state index is 0.104. The summed E-state index contributed by atoms with van der Waals surface area (Å²) in [6, 6.07) is 0. The van der Waals surface area contributed by atoms with Gasteiger partial charge in [-0.1, -0.05) is 71.1 Å². The van der Waals surface area contributed by atoms with E-state index in [0.29, 0.717) is 0 Å². The van der Waals surface area contributed by atoms with Crippen molar-refractivity contribution in [2.75, 3.05) is 13.2 Å². The molecule has 0 radical (unpaired) electrons. The lowest BCUT2D eigenvalue weighted by atomic mass is 10.1. The molecule has 1 aliphatic rings. The molecule has 114 valence electrons. The molecule has 2 nitrogen and oxygen atoms in total. The van der Waals surface area contributed by atoms with Crippen LogP contribution in [0.5, 0.6) is 0 Å². The third-order valence-electron chi connectivity index (χ3n) is 3.94. The predicted molar refractivity (Wildman–Crippen MR) is 81.4 cm³/mol. The molecule has 0 bridgehead atoms. The van der Waals surface area contributed by atoms with Gasteiger partial charge < -0.3 is 9.47 Å². The summed E-state index contributed by atoms with van der Waals surface area (Å²) in [5.41, 5.74) is 0. The Morgan fingerprint density at radius 1 is 0.684 bits per heavy atom. The van der Waals surface area contributed by atoms with E-state index in [9.17, 15) is 0 Å². The zero-order valence-electron chi connectivity index (χ0n) is 13.0. The van der Waals surface area contributed by atoms with E-state index < -0.39 is 0 Å². The Bertz CT molecular complexity index is 176. The Labute approximate surface area is 120 Å². The summed E-state index contributed by atoms with van der Waals surface area (Å²) in [6.45, 7) is 4.06. The third-order valence-corrected chi connectivity index (χ3v) is 3.94. The van der Waals surface area contributed by atoms with Gasteiger partial charge in [-0.15, -0.1) is 0 Å². The van der Waals surface area contributed by atoms with Crippen LogP contribution in [-0.4, -0.2) is 19.5 Å². The number of rotatable bonds is 12. The van der Waals surface area contributed by atoms with Crippen molar-refractivity contribution in [3.8, 4) is 0 Å². The quantitative estimate of drug-likeness (QED) is 0.439. The average molecular weight is 270 g/mol. The monoisotopic (exact) mass is 270 g/mol. The van der Waals surface area contributed by atoms with Gasteiger partial charge in [-0.2, -0.15) is 0 Å². The van der Waals surface area contributed by atoms with Gasteiger partial charge >= 0.3 is 0 Å². The number of hydrogen-bond acceptors (Lipinski definition) is 2. The molecule has 1 heterocycles. The zero-order valence-corrected chi connectivity index (χ0v) is 13.0. The van der Waals surface area contributed by atoms with E-state index in [2.05, 4.69) is 6.92 Å². The highest BCUT2D eigenvalue weighted by Gasteiger charge is 2.12. The van der Waals surface area contributed by atoms with Crippen LogP contribution in [0.3, 0.4) is 0 Å². The second-order valence-electron chi connectivity index (χ2n) is 5.85. The van der Waals surface area contributed by atoms with E-state index in [1.54, 1.807) is 0 Å². The molecule has 0 N–H and O–H groups in total. The van der Waals surface area contributed by atoms with Crippen molar-refractivity contribution < 1.29 is 9.47 Å². The minimum Gasteiger partial charge on any atom is -0.353 e. The number of hydrogen-bond donors (Lipinski definition) is 0. The maximum atomic E-state index is 5.55. The first-order chi connectivity index (χ1) is 9.43. The number of ether oxygens (including phenoxy) is 2. The molecule has 19 heavy (non-hydrogen) atoms. The van der Waals surface area contributed by atoms with E-state index >= 15 is 0 Å². The summed E-state index contributed by atoms with van der Waals surface area (Å²) in [5.74, 6) is 0. The molecule has 0 aromatic carbocycles. The molecule has 0 unspecified atom stereocenters. The topological polar surface area (TPSA) is 18.5 Å². The summed E-state index contributed by atoms with van der Waals surface area (Å²) in [5, 5.41) is 0. The van der Waals surface area contributed by atoms with E-state index in [4.69, 9.17) is 9.47 Å². The van der Waals surface area contributed by atoms with Crippen LogP contribution in [0.2, 0.25) is 0 Å². The Hall–Kier alpha value is -0.0800. The molecular weight excluding hydrogens is 236 g/mol. The molecule has 0 aromatic rings. The normalized spacial score (nSPS) is 16.9. The summed E-state index contributed by atoms with van der Waals surface area (Å²) < 4.78 is 11.1. The van der Waals surface area contributed by atoms with Crippen LogP contribution < -0.4 is 0 Å². The fraction of sp³-hybridized carbons (Fsp3) is 1.00. The predicted octanol–water partition coefficient (Wildman–Crippen LogP) is 5.45. The van der Waals surface area contributed by atoms with Crippen LogP contribution in [0.1, 0.15) is 90.4 Å². The largest absolute Gasteiger partial charge is 0.353 e. The van der Waals surface area contributed by atoms with Crippen molar-refractivity contribution in [2.45, 2.75) is 96.7 Å². The first kappa shape index (κ1) is 17.0. The van der Waals surface area contributed by atoms with E-state index in [-0.39, 0.29) is 6.29 Å². The Morgan fingerprint density at radius 3 is 1.68 bits per heavy atom. The van der Waals surface area contributed by atoms with Gasteiger partial charge in [0.2, 0.25) is 0 Å². The number of unbranched alkanes of at least 4 members (excludes halogenated alkanes) is 10. The lowest BCUT2D eigenvalue weighted by Gasteiger charge is -2.22. The molecule has 2 heteroatoms. The second-order valence-corrected chi connectivity index (χ2v) is 5.85. The van der Waals surface area contributed by atoms with Crippen molar-refractivity contribution in [3.63, 3.8) is 0 Å². The Kier molecular flexibility index (Phi) is 11.5. The zero-order chi connectivity index (χ0) is 13.6. The van der Waals surface area contributed by atoms with Gasteiger partial charge in [0.1, 0.15) is 0 Å². The van der Waals surface area contributed by atoms with Gasteiger partial charge in [-0.3, -0.25) is 0 Å². The first-order valence-corrected chi connectivity index (χ1v) is 8.66. The van der Waals surface area contributed by atoms with Crippen molar-refractivity contribution >= 4 is 0 Å². The van der Waals surface area contributed by atoms with Gasteiger partial charge in [-0.05, 0) is 19.3 Å². The highest BCUT2D eigenvalue weighted by atomic mass is 16.7. The average Bonchev–Trinajstić information content (AvgIpc) is 2.46. The van der Waals surface area contributed by atoms with Crippen LogP contribution in [0.25, 0.3) is 0 Å². The van der Waals surface area contributed by atoms with Crippen molar-refractivity contribution in [3.05, 3.63) is 0 Å². The van der Waals surface area contributed by atoms with Crippen LogP contribution in [0, 0.1) is 0 Å². The molecular formula is C17H34O2. The molecule has 1 saturated heterocycles. The standard InChI is InChI=1S/C17H34O2/c1-2-3-4-5-6-7-8-9-10-11-12-14-17-18-15-13-16-19-17/h17H,2-16H2,1H3. The highest BCUT2D eigenvalue weighted by molar-refractivity contribution is 4.53. The molecule has 0 aliphatic carbocycles. The fourth-order valence-electron chi connectivity index (χ4n) is 2.68. The maximum absolute atomic E-state index is 5.55. The van der Waals surface area contributed by atoms with Crippen molar-refractivity contribution in [2.24, 2.45) is 0 Å². The lowest BCUT2D eigenvalue weighted by Crippen LogP contribution is -2.24. The van der Waals surface area contributed by atoms with E-state index in [1.807, 2.05) is 0 Å². The SMILES string of the molecule is CCCCCCCCCCCCCC1OCCCO1. The third kappa shape index (κ3) is 10.4. The van der Waals surface area contributed by atoms with Crippen LogP contribution in [0.4, 0.5) is 0 Å². The summed E-state index contributed by atoms with van der Waals surface area (Å²) >= 11 is 0. The van der Waals surface area contributed by atoms with Crippen LogP contribution in [-0.2, 0) is 9.47 Å². The molecule has 0 amide bonds. The molecule has 0 saturated carbocycles. The first-order valence-electron chi connectivity index (χ1n) is 8.66. The molecule has 0 atom stereocenters. The molecule has 0 aromatic heterocycles. The van der Waals surface area contributed by atoms with Crippen molar-refractivity contribution in [1.82, 2.24) is 0 Å².